The van der Waals surface area contributed by atoms with Crippen LogP contribution in [0.5, 0.6) is 0 Å². The minimum Gasteiger partial charge on any atom is -0.441 e. The van der Waals surface area contributed by atoms with E-state index in [9.17, 15) is 9.00 Å². The average Bonchev–Trinajstić information content (AvgIpc) is 3.01. The Hall–Kier alpha value is -2.15. The van der Waals surface area contributed by atoms with Crippen LogP contribution in [-0.2, 0) is 27.9 Å². The Morgan fingerprint density at radius 1 is 1.14 bits per heavy atom. The van der Waals surface area contributed by atoms with Crippen molar-refractivity contribution in [2.75, 3.05) is 5.75 Å². The lowest BCUT2D eigenvalue weighted by Gasteiger charge is -2.05. The van der Waals surface area contributed by atoms with Crippen molar-refractivity contribution in [3.05, 3.63) is 75.6 Å². The fraction of sp³-hybridized carbons (Fsp3) is 0.200. The number of nitrogens with one attached hydrogen (secondary N) is 1. The topological polar surface area (TPSA) is 72.2 Å². The Morgan fingerprint density at radius 3 is 2.61 bits per heavy atom. The zero-order valence-electron chi connectivity index (χ0n) is 15.1. The number of rotatable bonds is 7. The third kappa shape index (κ3) is 5.67. The maximum absolute atomic E-state index is 12.4. The smallest absolute Gasteiger partial charge is 0.232 e. The van der Waals surface area contributed by atoms with Crippen LogP contribution in [0.2, 0.25) is 10.0 Å². The monoisotopic (exact) mass is 436 g/mol. The summed E-state index contributed by atoms with van der Waals surface area (Å²) in [7, 11) is -1.40. The van der Waals surface area contributed by atoms with Crippen molar-refractivity contribution >= 4 is 39.9 Å². The van der Waals surface area contributed by atoms with Gasteiger partial charge in [-0.3, -0.25) is 9.00 Å². The van der Waals surface area contributed by atoms with E-state index >= 15 is 0 Å². The highest BCUT2D eigenvalue weighted by atomic mass is 35.5. The highest BCUT2D eigenvalue weighted by Crippen LogP contribution is 2.24. The largest absolute Gasteiger partial charge is 0.441 e. The van der Waals surface area contributed by atoms with Gasteiger partial charge in [-0.25, -0.2) is 4.98 Å². The normalized spacial score (nSPS) is 12.0. The summed E-state index contributed by atoms with van der Waals surface area (Å²) in [4.78, 5) is 16.5. The summed E-state index contributed by atoms with van der Waals surface area (Å²) in [5.74, 6) is 0.741. The molecule has 5 nitrogen and oxygen atoms in total. The first-order valence-corrected chi connectivity index (χ1v) is 10.7. The molecule has 1 unspecified atom stereocenters. The molecule has 1 heterocycles. The van der Waals surface area contributed by atoms with Gasteiger partial charge in [0.2, 0.25) is 11.8 Å². The van der Waals surface area contributed by atoms with Crippen molar-refractivity contribution in [2.45, 2.75) is 19.2 Å². The number of nitrogens with zero attached hydrogens (tertiary/aromatic N) is 1. The Labute approximate surface area is 175 Å². The Morgan fingerprint density at radius 2 is 1.89 bits per heavy atom. The van der Waals surface area contributed by atoms with Gasteiger partial charge in [0.25, 0.3) is 0 Å². The number of aromatic nitrogens is 1. The molecule has 28 heavy (non-hydrogen) atoms. The first-order valence-electron chi connectivity index (χ1n) is 8.49. The zero-order chi connectivity index (χ0) is 20.1. The van der Waals surface area contributed by atoms with Crippen LogP contribution in [0.4, 0.5) is 0 Å². The lowest BCUT2D eigenvalue weighted by Crippen LogP contribution is -2.28. The maximum Gasteiger partial charge on any atom is 0.232 e. The molecular formula is C20H18Cl2N2O3S. The molecule has 1 aromatic heterocycles. The van der Waals surface area contributed by atoms with E-state index in [1.54, 1.807) is 37.3 Å². The Kier molecular flexibility index (Phi) is 6.88. The molecule has 0 spiro atoms. The number of halogens is 2. The molecule has 1 amide bonds. The molecule has 0 saturated heterocycles. The van der Waals surface area contributed by atoms with Crippen LogP contribution in [0.1, 0.15) is 17.0 Å². The van der Waals surface area contributed by atoms with Gasteiger partial charge in [-0.1, -0.05) is 41.4 Å². The van der Waals surface area contributed by atoms with Crippen molar-refractivity contribution in [3.63, 3.8) is 0 Å². The molecule has 1 atom stereocenters. The van der Waals surface area contributed by atoms with Gasteiger partial charge in [0.15, 0.2) is 0 Å². The fourth-order valence-corrected chi connectivity index (χ4v) is 3.90. The summed E-state index contributed by atoms with van der Waals surface area (Å²) >= 11 is 11.8. The highest BCUT2D eigenvalue weighted by molar-refractivity contribution is 7.84. The van der Waals surface area contributed by atoms with Crippen LogP contribution in [0.15, 0.2) is 52.9 Å². The average molecular weight is 437 g/mol. The van der Waals surface area contributed by atoms with Crippen LogP contribution in [-0.4, -0.2) is 20.9 Å². The first kappa shape index (κ1) is 20.6. The summed E-state index contributed by atoms with van der Waals surface area (Å²) in [6.07, 6.45) is 0. The summed E-state index contributed by atoms with van der Waals surface area (Å²) < 4.78 is 18.0. The van der Waals surface area contributed by atoms with Crippen LogP contribution >= 0.6 is 23.2 Å². The van der Waals surface area contributed by atoms with Gasteiger partial charge < -0.3 is 9.73 Å². The molecule has 0 aliphatic heterocycles. The highest BCUT2D eigenvalue weighted by Gasteiger charge is 2.16. The Bertz CT molecular complexity index is 1000. The number of carbonyl (C=O) groups excluding carboxylic acids is 1. The van der Waals surface area contributed by atoms with Gasteiger partial charge in [-0.15, -0.1) is 0 Å². The summed E-state index contributed by atoms with van der Waals surface area (Å²) in [6.45, 7) is 2.11. The van der Waals surface area contributed by atoms with E-state index in [4.69, 9.17) is 27.6 Å². The van der Waals surface area contributed by atoms with Crippen molar-refractivity contribution in [2.24, 2.45) is 0 Å². The van der Waals surface area contributed by atoms with Crippen molar-refractivity contribution in [1.29, 1.82) is 0 Å². The third-order valence-electron chi connectivity index (χ3n) is 3.96. The van der Waals surface area contributed by atoms with Gasteiger partial charge in [0, 0.05) is 33.0 Å². The van der Waals surface area contributed by atoms with E-state index in [1.807, 2.05) is 18.2 Å². The molecule has 0 saturated carbocycles. The van der Waals surface area contributed by atoms with E-state index in [1.165, 1.54) is 0 Å². The van der Waals surface area contributed by atoms with E-state index in [2.05, 4.69) is 10.3 Å². The molecule has 0 radical (unpaired) electrons. The van der Waals surface area contributed by atoms with Crippen molar-refractivity contribution in [1.82, 2.24) is 10.3 Å². The number of carbonyl (C=O) groups is 1. The lowest BCUT2D eigenvalue weighted by atomic mass is 10.2. The zero-order valence-corrected chi connectivity index (χ0v) is 17.4. The predicted octanol–water partition coefficient (Wildman–Crippen LogP) is 4.52. The molecule has 146 valence electrons. The van der Waals surface area contributed by atoms with Crippen LogP contribution in [0, 0.1) is 6.92 Å². The van der Waals surface area contributed by atoms with Gasteiger partial charge >= 0.3 is 0 Å². The number of benzene rings is 2. The molecule has 3 aromatic rings. The minimum absolute atomic E-state index is 0.105. The van der Waals surface area contributed by atoms with Crippen molar-refractivity contribution in [3.8, 4) is 11.5 Å². The SMILES string of the molecule is Cc1oc(-c2cccc(Cl)c2)nc1CS(=O)CC(=O)NCc1ccc(Cl)cc1. The Balaban J connectivity index is 1.55. The molecule has 8 heteroatoms. The van der Waals surface area contributed by atoms with Crippen molar-refractivity contribution < 1.29 is 13.4 Å². The number of hydrogen-bond acceptors (Lipinski definition) is 4. The minimum atomic E-state index is -1.40. The van der Waals surface area contributed by atoms with Crippen LogP contribution in [0.3, 0.4) is 0 Å². The van der Waals surface area contributed by atoms with Gasteiger partial charge in [0.1, 0.15) is 11.5 Å². The lowest BCUT2D eigenvalue weighted by molar-refractivity contribution is -0.118. The summed E-state index contributed by atoms with van der Waals surface area (Å²) in [5.41, 5.74) is 2.23. The molecule has 3 rings (SSSR count). The van der Waals surface area contributed by atoms with E-state index < -0.39 is 10.8 Å². The number of hydrogen-bond donors (Lipinski definition) is 1. The molecule has 2 aromatic carbocycles. The van der Waals surface area contributed by atoms with Gasteiger partial charge in [-0.2, -0.15) is 0 Å². The second-order valence-electron chi connectivity index (χ2n) is 6.16. The van der Waals surface area contributed by atoms with E-state index in [0.29, 0.717) is 33.9 Å². The molecular weight excluding hydrogens is 419 g/mol. The molecule has 1 N–H and O–H groups in total. The van der Waals surface area contributed by atoms with Crippen LogP contribution < -0.4 is 5.32 Å². The first-order chi connectivity index (χ1) is 13.4. The third-order valence-corrected chi connectivity index (χ3v) is 5.62. The quantitative estimate of drug-likeness (QED) is 0.590. The number of oxazole rings is 1. The maximum atomic E-state index is 12.4. The van der Waals surface area contributed by atoms with Gasteiger partial charge in [-0.05, 0) is 42.8 Å². The standard InChI is InChI=1S/C20H18Cl2N2O3S/c1-13-18(24-20(27-13)15-3-2-4-17(22)9-15)11-28(26)12-19(25)23-10-14-5-7-16(21)8-6-14/h2-9H,10-12H2,1H3,(H,23,25). The van der Waals surface area contributed by atoms with E-state index in [-0.39, 0.29) is 17.4 Å². The number of aryl methyl sites for hydroxylation is 1. The molecule has 0 fully saturated rings. The molecule has 0 bridgehead atoms. The van der Waals surface area contributed by atoms with Crippen LogP contribution in [0.25, 0.3) is 11.5 Å². The van der Waals surface area contributed by atoms with Gasteiger partial charge in [0.05, 0.1) is 11.4 Å². The summed E-state index contributed by atoms with van der Waals surface area (Å²) in [5, 5.41) is 3.97. The fourth-order valence-electron chi connectivity index (χ4n) is 2.51. The van der Waals surface area contributed by atoms with E-state index in [0.717, 1.165) is 11.1 Å². The predicted molar refractivity (Wildman–Crippen MR) is 112 cm³/mol. The number of amides is 1. The molecule has 0 aliphatic rings. The second kappa shape index (κ2) is 9.37. The summed E-state index contributed by atoms with van der Waals surface area (Å²) in [6, 6.07) is 14.3. The second-order valence-corrected chi connectivity index (χ2v) is 8.49. The molecule has 0 aliphatic carbocycles.